The average Bonchev–Trinajstić information content (AvgIpc) is 3.60. The van der Waals surface area contributed by atoms with Gasteiger partial charge in [-0.05, 0) is 50.5 Å². The lowest BCUT2D eigenvalue weighted by molar-refractivity contribution is 0.0985. The molecule has 3 aromatic rings. The van der Waals surface area contributed by atoms with E-state index in [-0.39, 0.29) is 24.8 Å². The van der Waals surface area contributed by atoms with Gasteiger partial charge in [-0.3, -0.25) is 5.32 Å². The number of urea groups is 1. The number of aliphatic hydroxyl groups is 1. The molecule has 38 heavy (non-hydrogen) atoms. The molecule has 2 aromatic heterocycles. The van der Waals surface area contributed by atoms with E-state index in [0.717, 1.165) is 11.5 Å². The highest BCUT2D eigenvalue weighted by molar-refractivity contribution is 7.92. The molecule has 0 bridgehead atoms. The van der Waals surface area contributed by atoms with Crippen molar-refractivity contribution in [2.75, 3.05) is 47.7 Å². The molecule has 0 radical (unpaired) electrons. The molecule has 1 aromatic carbocycles. The molecule has 1 saturated carbocycles. The van der Waals surface area contributed by atoms with Crippen molar-refractivity contribution in [2.45, 2.75) is 37.0 Å². The summed E-state index contributed by atoms with van der Waals surface area (Å²) in [5, 5.41) is 15.0. The Labute approximate surface area is 224 Å². The van der Waals surface area contributed by atoms with Crippen molar-refractivity contribution < 1.29 is 23.1 Å². The molecule has 1 saturated heterocycles. The third kappa shape index (κ3) is 5.48. The van der Waals surface area contributed by atoms with Gasteiger partial charge in [-0.2, -0.15) is 4.37 Å². The SMILES string of the molecule is C[C@H]1COCCN1c1cc(C2(S(=O)(=O)CCCO)CC2)nc(-c2ccc(NC(=O)Nc3ncns3)cc2)n1. The summed E-state index contributed by atoms with van der Waals surface area (Å²) in [5.74, 6) is 0.971. The van der Waals surface area contributed by atoms with E-state index < -0.39 is 20.6 Å². The van der Waals surface area contributed by atoms with E-state index in [1.807, 2.05) is 6.92 Å². The standard InChI is InChI=1S/C24H29N7O5S2/c1-16-14-36-11-9-31(16)20-13-19(24(7-8-24)38(34,35)12-2-10-32)28-21(29-20)17-3-5-18(6-4-17)27-22(33)30-23-25-15-26-37-23/h3-6,13,15-16,32H,2,7-12,14H2,1H3,(H2,25,26,27,30,33)/t16-/m0/s1. The number of aromatic nitrogens is 4. The van der Waals surface area contributed by atoms with Gasteiger partial charge in [0.05, 0.1) is 30.7 Å². The summed E-state index contributed by atoms with van der Waals surface area (Å²) in [5.41, 5.74) is 1.72. The van der Waals surface area contributed by atoms with E-state index in [4.69, 9.17) is 14.7 Å². The maximum atomic E-state index is 13.3. The second kappa shape index (κ2) is 10.9. The number of amides is 2. The summed E-state index contributed by atoms with van der Waals surface area (Å²) in [7, 11) is -3.52. The van der Waals surface area contributed by atoms with Gasteiger partial charge in [0, 0.05) is 42.0 Å². The Morgan fingerprint density at radius 3 is 2.68 bits per heavy atom. The van der Waals surface area contributed by atoms with Gasteiger partial charge in [0.15, 0.2) is 15.7 Å². The van der Waals surface area contributed by atoms with Gasteiger partial charge in [0.1, 0.15) is 16.9 Å². The number of ether oxygens (including phenoxy) is 1. The molecule has 202 valence electrons. The van der Waals surface area contributed by atoms with Crippen molar-refractivity contribution in [1.82, 2.24) is 19.3 Å². The van der Waals surface area contributed by atoms with Crippen LogP contribution in [0.5, 0.6) is 0 Å². The molecule has 3 N–H and O–H groups in total. The number of rotatable bonds is 9. The predicted molar refractivity (Wildman–Crippen MR) is 144 cm³/mol. The number of nitrogens with one attached hydrogen (secondary N) is 2. The molecule has 2 amide bonds. The van der Waals surface area contributed by atoms with Crippen molar-refractivity contribution in [3.05, 3.63) is 42.4 Å². The minimum absolute atomic E-state index is 0.0682. The number of benzene rings is 1. The van der Waals surface area contributed by atoms with Crippen LogP contribution in [0.3, 0.4) is 0 Å². The molecule has 0 spiro atoms. The Bertz CT molecular complexity index is 1380. The van der Waals surface area contributed by atoms with Crippen LogP contribution in [0.15, 0.2) is 36.7 Å². The van der Waals surface area contributed by atoms with E-state index >= 15 is 0 Å². The van der Waals surface area contributed by atoms with Crippen molar-refractivity contribution in [3.63, 3.8) is 0 Å². The second-order valence-corrected chi connectivity index (χ2v) is 12.5. The molecule has 2 fully saturated rings. The third-order valence-corrected chi connectivity index (χ3v) is 9.91. The predicted octanol–water partition coefficient (Wildman–Crippen LogP) is 2.65. The number of hydrogen-bond donors (Lipinski definition) is 3. The summed E-state index contributed by atoms with van der Waals surface area (Å²) in [6.45, 7) is 3.60. The fraction of sp³-hybridized carbons (Fsp3) is 0.458. The Balaban J connectivity index is 1.45. The van der Waals surface area contributed by atoms with Gasteiger partial charge in [-0.1, -0.05) is 0 Å². The van der Waals surface area contributed by atoms with Gasteiger partial charge in [0.25, 0.3) is 0 Å². The summed E-state index contributed by atoms with van der Waals surface area (Å²) >= 11 is 1.07. The second-order valence-electron chi connectivity index (χ2n) is 9.35. The number of carbonyl (C=O) groups excluding carboxylic acids is 1. The molecule has 14 heteroatoms. The zero-order valence-electron chi connectivity index (χ0n) is 20.8. The smallest absolute Gasteiger partial charge is 0.325 e. The summed E-state index contributed by atoms with van der Waals surface area (Å²) < 4.78 is 34.9. The van der Waals surface area contributed by atoms with Crippen LogP contribution >= 0.6 is 11.5 Å². The lowest BCUT2D eigenvalue weighted by Gasteiger charge is -2.34. The first kappa shape index (κ1) is 26.4. The van der Waals surface area contributed by atoms with Crippen LogP contribution in [0.4, 0.5) is 21.4 Å². The quantitative estimate of drug-likeness (QED) is 0.356. The topological polar surface area (TPSA) is 160 Å². The number of anilines is 3. The Hall–Kier alpha value is -3.20. The first-order chi connectivity index (χ1) is 18.3. The number of carbonyl (C=O) groups is 1. The van der Waals surface area contributed by atoms with Crippen LogP contribution in [0.1, 0.15) is 31.9 Å². The number of hydrogen-bond acceptors (Lipinski definition) is 11. The molecular formula is C24H29N7O5S2. The van der Waals surface area contributed by atoms with E-state index in [9.17, 15) is 18.3 Å². The van der Waals surface area contributed by atoms with E-state index in [1.165, 1.54) is 6.33 Å². The van der Waals surface area contributed by atoms with Crippen molar-refractivity contribution in [3.8, 4) is 11.4 Å². The molecular weight excluding hydrogens is 530 g/mol. The van der Waals surface area contributed by atoms with Gasteiger partial charge in [-0.15, -0.1) is 0 Å². The Kier molecular flexibility index (Phi) is 7.56. The molecule has 12 nitrogen and oxygen atoms in total. The van der Waals surface area contributed by atoms with Crippen molar-refractivity contribution in [2.24, 2.45) is 0 Å². The summed E-state index contributed by atoms with van der Waals surface area (Å²) in [4.78, 5) is 27.8. The first-order valence-corrected chi connectivity index (χ1v) is 14.8. The van der Waals surface area contributed by atoms with Crippen LogP contribution in [-0.2, 0) is 19.3 Å². The fourth-order valence-corrected chi connectivity index (χ4v) is 6.97. The van der Waals surface area contributed by atoms with E-state index in [1.54, 1.807) is 30.3 Å². The highest BCUT2D eigenvalue weighted by Crippen LogP contribution is 2.53. The third-order valence-electron chi connectivity index (χ3n) is 6.69. The van der Waals surface area contributed by atoms with Crippen LogP contribution < -0.4 is 15.5 Å². The fourth-order valence-electron chi connectivity index (χ4n) is 4.49. The van der Waals surface area contributed by atoms with Crippen LogP contribution in [0, 0.1) is 0 Å². The minimum Gasteiger partial charge on any atom is -0.396 e. The minimum atomic E-state index is -3.52. The van der Waals surface area contributed by atoms with Crippen LogP contribution in [0.2, 0.25) is 0 Å². The zero-order valence-corrected chi connectivity index (χ0v) is 22.5. The van der Waals surface area contributed by atoms with Crippen LogP contribution in [-0.4, -0.2) is 77.0 Å². The highest BCUT2D eigenvalue weighted by atomic mass is 32.2. The van der Waals surface area contributed by atoms with Gasteiger partial charge < -0.3 is 20.1 Å². The van der Waals surface area contributed by atoms with Gasteiger partial charge in [0.2, 0.25) is 5.13 Å². The number of morpholine rings is 1. The molecule has 5 rings (SSSR count). The Morgan fingerprint density at radius 2 is 2.03 bits per heavy atom. The highest BCUT2D eigenvalue weighted by Gasteiger charge is 2.56. The van der Waals surface area contributed by atoms with Gasteiger partial charge >= 0.3 is 6.03 Å². The number of aliphatic hydroxyl groups excluding tert-OH is 1. The Morgan fingerprint density at radius 1 is 1.24 bits per heavy atom. The molecule has 1 atom stereocenters. The monoisotopic (exact) mass is 559 g/mol. The van der Waals surface area contributed by atoms with E-state index in [0.29, 0.717) is 66.3 Å². The molecule has 0 unspecified atom stereocenters. The molecule has 1 aliphatic heterocycles. The van der Waals surface area contributed by atoms with Gasteiger partial charge in [-0.25, -0.2) is 28.2 Å². The normalized spacial score (nSPS) is 18.7. The van der Waals surface area contributed by atoms with Crippen LogP contribution in [0.25, 0.3) is 11.4 Å². The zero-order chi connectivity index (χ0) is 26.8. The molecule has 3 heterocycles. The van der Waals surface area contributed by atoms with Crippen molar-refractivity contribution >= 4 is 44.0 Å². The molecule has 1 aliphatic carbocycles. The first-order valence-electron chi connectivity index (χ1n) is 12.3. The number of nitrogens with zero attached hydrogens (tertiary/aromatic N) is 5. The summed E-state index contributed by atoms with van der Waals surface area (Å²) in [6, 6.07) is 8.44. The summed E-state index contributed by atoms with van der Waals surface area (Å²) in [6.07, 6.45) is 2.53. The maximum absolute atomic E-state index is 13.3. The maximum Gasteiger partial charge on any atom is 0.325 e. The lowest BCUT2D eigenvalue weighted by atomic mass is 10.1. The molecule has 2 aliphatic rings. The largest absolute Gasteiger partial charge is 0.396 e. The average molecular weight is 560 g/mol. The van der Waals surface area contributed by atoms with Crippen molar-refractivity contribution in [1.29, 1.82) is 0 Å². The number of sulfone groups is 1. The van der Waals surface area contributed by atoms with E-state index in [2.05, 4.69) is 24.9 Å². The lowest BCUT2D eigenvalue weighted by Crippen LogP contribution is -2.44.